The van der Waals surface area contributed by atoms with Gasteiger partial charge < -0.3 is 4.74 Å². The molecule has 0 N–H and O–H groups in total. The van der Waals surface area contributed by atoms with Crippen LogP contribution in [0.1, 0.15) is 23.0 Å². The van der Waals surface area contributed by atoms with Gasteiger partial charge in [-0.15, -0.1) is 0 Å². The highest BCUT2D eigenvalue weighted by atomic mass is 16.5. The van der Waals surface area contributed by atoms with Crippen LogP contribution in [-0.4, -0.2) is 22.4 Å². The molecule has 23 heavy (non-hydrogen) atoms. The average molecular weight is 306 g/mol. The van der Waals surface area contributed by atoms with Crippen molar-refractivity contribution >= 4 is 5.97 Å². The van der Waals surface area contributed by atoms with Crippen molar-refractivity contribution in [3.05, 3.63) is 72.1 Å². The Kier molecular flexibility index (Phi) is 4.24. The zero-order valence-electron chi connectivity index (χ0n) is 13.2. The zero-order chi connectivity index (χ0) is 16.2. The summed E-state index contributed by atoms with van der Waals surface area (Å²) in [4.78, 5) is 12.2. The molecule has 0 aliphatic rings. The number of hydrogen-bond donors (Lipinski definition) is 0. The lowest BCUT2D eigenvalue weighted by atomic mass is 10.1. The van der Waals surface area contributed by atoms with Crippen molar-refractivity contribution in [2.24, 2.45) is 0 Å². The second-order valence-corrected chi connectivity index (χ2v) is 5.26. The van der Waals surface area contributed by atoms with E-state index in [2.05, 4.69) is 5.10 Å². The van der Waals surface area contributed by atoms with E-state index >= 15 is 0 Å². The highest BCUT2D eigenvalue weighted by molar-refractivity contribution is 5.95. The summed E-state index contributed by atoms with van der Waals surface area (Å²) in [7, 11) is 0. The third kappa shape index (κ3) is 3.16. The lowest BCUT2D eigenvalue weighted by Crippen LogP contribution is -2.07. The third-order valence-electron chi connectivity index (χ3n) is 3.57. The van der Waals surface area contributed by atoms with Crippen molar-refractivity contribution in [3.63, 3.8) is 0 Å². The van der Waals surface area contributed by atoms with Gasteiger partial charge in [-0.05, 0) is 31.5 Å². The topological polar surface area (TPSA) is 44.1 Å². The van der Waals surface area contributed by atoms with Crippen LogP contribution in [0.5, 0.6) is 0 Å². The van der Waals surface area contributed by atoms with E-state index < -0.39 is 5.97 Å². The van der Waals surface area contributed by atoms with E-state index in [1.807, 2.05) is 67.7 Å². The predicted octanol–water partition coefficient (Wildman–Crippen LogP) is 4.02. The molecule has 2 aromatic carbocycles. The molecule has 0 bridgehead atoms. The van der Waals surface area contributed by atoms with Gasteiger partial charge in [0.2, 0.25) is 0 Å². The number of carbonyl (C=O) groups excluding carboxylic acids is 1. The molecule has 4 nitrogen and oxygen atoms in total. The molecular weight excluding hydrogens is 288 g/mol. The summed E-state index contributed by atoms with van der Waals surface area (Å²) in [5.41, 5.74) is 4.12. The molecule has 0 aliphatic heterocycles. The summed E-state index contributed by atoms with van der Waals surface area (Å²) in [6, 6.07) is 17.7. The highest BCUT2D eigenvalue weighted by Crippen LogP contribution is 2.25. The van der Waals surface area contributed by atoms with Crippen LogP contribution >= 0.6 is 0 Å². The van der Waals surface area contributed by atoms with E-state index in [4.69, 9.17) is 4.74 Å². The number of benzene rings is 2. The second-order valence-electron chi connectivity index (χ2n) is 5.26. The molecule has 0 amide bonds. The van der Waals surface area contributed by atoms with Gasteiger partial charge in [0.1, 0.15) is 0 Å². The minimum atomic E-state index is -0.405. The monoisotopic (exact) mass is 306 g/mol. The Bertz CT molecular complexity index is 805. The van der Waals surface area contributed by atoms with Gasteiger partial charge in [0.25, 0.3) is 0 Å². The Hall–Kier alpha value is -2.88. The Labute approximate surface area is 135 Å². The van der Waals surface area contributed by atoms with E-state index in [0.717, 1.165) is 16.8 Å². The summed E-state index contributed by atoms with van der Waals surface area (Å²) < 4.78 is 6.86. The van der Waals surface area contributed by atoms with Crippen molar-refractivity contribution in [3.8, 4) is 16.8 Å². The minimum absolute atomic E-state index is 0.324. The van der Waals surface area contributed by atoms with Crippen LogP contribution in [0, 0.1) is 6.92 Å². The third-order valence-corrected chi connectivity index (χ3v) is 3.57. The lowest BCUT2D eigenvalue weighted by molar-refractivity contribution is 0.0520. The first kappa shape index (κ1) is 15.0. The van der Waals surface area contributed by atoms with Crippen LogP contribution in [-0.2, 0) is 4.74 Å². The molecule has 116 valence electrons. The first-order chi connectivity index (χ1) is 11.2. The number of aromatic nitrogens is 2. The molecule has 0 fully saturated rings. The molecule has 0 spiro atoms. The van der Waals surface area contributed by atoms with Gasteiger partial charge >= 0.3 is 5.97 Å². The molecule has 0 aliphatic carbocycles. The van der Waals surface area contributed by atoms with E-state index in [1.165, 1.54) is 5.56 Å². The summed E-state index contributed by atoms with van der Waals surface area (Å²) in [6.45, 7) is 4.15. The molecule has 0 atom stereocenters. The molecule has 0 radical (unpaired) electrons. The maximum atomic E-state index is 12.2. The van der Waals surface area contributed by atoms with Gasteiger partial charge in [-0.1, -0.05) is 48.0 Å². The SMILES string of the molecule is CCOC(=O)c1nn(-c2ccc(C)cc2)cc1-c1ccccc1. The van der Waals surface area contributed by atoms with Gasteiger partial charge in [0.15, 0.2) is 5.69 Å². The first-order valence-electron chi connectivity index (χ1n) is 7.58. The number of ether oxygens (including phenoxy) is 1. The fourth-order valence-corrected chi connectivity index (χ4v) is 2.38. The highest BCUT2D eigenvalue weighted by Gasteiger charge is 2.19. The quantitative estimate of drug-likeness (QED) is 0.684. The number of rotatable bonds is 4. The molecule has 0 unspecified atom stereocenters. The summed E-state index contributed by atoms with van der Waals surface area (Å²) in [5.74, 6) is -0.405. The number of carbonyl (C=O) groups is 1. The first-order valence-corrected chi connectivity index (χ1v) is 7.58. The molecule has 0 saturated carbocycles. The van der Waals surface area contributed by atoms with E-state index in [1.54, 1.807) is 11.6 Å². The Morgan fingerprint density at radius 1 is 1.09 bits per heavy atom. The maximum Gasteiger partial charge on any atom is 0.359 e. The fourth-order valence-electron chi connectivity index (χ4n) is 2.38. The Morgan fingerprint density at radius 2 is 1.78 bits per heavy atom. The van der Waals surface area contributed by atoms with E-state index in [0.29, 0.717) is 12.3 Å². The number of esters is 1. The maximum absolute atomic E-state index is 12.2. The summed E-state index contributed by atoms with van der Waals surface area (Å²) >= 11 is 0. The van der Waals surface area contributed by atoms with Crippen LogP contribution in [0.4, 0.5) is 0 Å². The van der Waals surface area contributed by atoms with Crippen LogP contribution in [0.3, 0.4) is 0 Å². The number of aryl methyl sites for hydroxylation is 1. The van der Waals surface area contributed by atoms with Crippen molar-refractivity contribution in [1.29, 1.82) is 0 Å². The van der Waals surface area contributed by atoms with Crippen LogP contribution in [0.25, 0.3) is 16.8 Å². The molecule has 1 heterocycles. The predicted molar refractivity (Wildman–Crippen MR) is 89.7 cm³/mol. The van der Waals surface area contributed by atoms with E-state index in [9.17, 15) is 4.79 Å². The summed E-state index contributed by atoms with van der Waals surface area (Å²) in [6.07, 6.45) is 1.87. The van der Waals surface area contributed by atoms with E-state index in [-0.39, 0.29) is 0 Å². The molecule has 0 saturated heterocycles. The molecule has 1 aromatic heterocycles. The van der Waals surface area contributed by atoms with Gasteiger partial charge in [-0.3, -0.25) is 0 Å². The van der Waals surface area contributed by atoms with Gasteiger partial charge in [0.05, 0.1) is 12.3 Å². The second kappa shape index (κ2) is 6.48. The number of nitrogens with zero attached hydrogens (tertiary/aromatic N) is 2. The van der Waals surface area contributed by atoms with Gasteiger partial charge in [-0.2, -0.15) is 5.10 Å². The van der Waals surface area contributed by atoms with Crippen molar-refractivity contribution in [2.45, 2.75) is 13.8 Å². The fraction of sp³-hybridized carbons (Fsp3) is 0.158. The normalized spacial score (nSPS) is 10.5. The molecule has 3 rings (SSSR count). The molecule has 3 aromatic rings. The average Bonchev–Trinajstić information content (AvgIpc) is 3.02. The summed E-state index contributed by atoms with van der Waals surface area (Å²) in [5, 5.41) is 4.45. The Balaban J connectivity index is 2.10. The minimum Gasteiger partial charge on any atom is -0.461 e. The van der Waals surface area contributed by atoms with Crippen molar-refractivity contribution < 1.29 is 9.53 Å². The lowest BCUT2D eigenvalue weighted by Gasteiger charge is -2.02. The van der Waals surface area contributed by atoms with Crippen molar-refractivity contribution in [1.82, 2.24) is 9.78 Å². The largest absolute Gasteiger partial charge is 0.461 e. The molecular formula is C19H18N2O2. The zero-order valence-corrected chi connectivity index (χ0v) is 13.2. The standard InChI is InChI=1S/C19H18N2O2/c1-3-23-19(22)18-17(15-7-5-4-6-8-15)13-21(20-18)16-11-9-14(2)10-12-16/h4-13H,3H2,1-2H3. The van der Waals surface area contributed by atoms with Crippen molar-refractivity contribution in [2.75, 3.05) is 6.61 Å². The van der Waals surface area contributed by atoms with Crippen LogP contribution in [0.15, 0.2) is 60.8 Å². The number of hydrogen-bond acceptors (Lipinski definition) is 3. The van der Waals surface area contributed by atoms with Crippen LogP contribution < -0.4 is 0 Å². The molecule has 4 heteroatoms. The van der Waals surface area contributed by atoms with Gasteiger partial charge in [-0.25, -0.2) is 9.48 Å². The van der Waals surface area contributed by atoms with Crippen LogP contribution in [0.2, 0.25) is 0 Å². The smallest absolute Gasteiger partial charge is 0.359 e. The Morgan fingerprint density at radius 3 is 2.43 bits per heavy atom. The van der Waals surface area contributed by atoms with Gasteiger partial charge in [0, 0.05) is 11.8 Å².